The monoisotopic (exact) mass is 341 g/mol. The molecular weight excluding hydrogens is 318 g/mol. The van der Waals surface area contributed by atoms with Gasteiger partial charge in [0, 0.05) is 44.8 Å². The van der Waals surface area contributed by atoms with Crippen LogP contribution in [0.15, 0.2) is 37.1 Å². The van der Waals surface area contributed by atoms with E-state index < -0.39 is 0 Å². The topological polar surface area (TPSA) is 63.5 Å². The van der Waals surface area contributed by atoms with Crippen molar-refractivity contribution in [1.29, 1.82) is 0 Å². The molecule has 4 rings (SSSR count). The number of hydrogen-bond donors (Lipinski definition) is 0. The second-order valence-corrected chi connectivity index (χ2v) is 6.56. The van der Waals surface area contributed by atoms with E-state index in [0.717, 1.165) is 58.1 Å². The van der Waals surface area contributed by atoms with Crippen LogP contribution in [0.1, 0.15) is 29.2 Å². The molecule has 2 saturated heterocycles. The van der Waals surface area contributed by atoms with Crippen molar-refractivity contribution in [2.24, 2.45) is 0 Å². The number of anilines is 1. The van der Waals surface area contributed by atoms with Crippen LogP contribution in [0, 0.1) is 0 Å². The SMILES string of the molecule is O=C(c1ccc(N2CCOCC2)nc1)N1CCC[C@H](n2ccnc2)C1. The van der Waals surface area contributed by atoms with E-state index in [1.807, 2.05) is 29.6 Å². The second-order valence-electron chi connectivity index (χ2n) is 6.56. The maximum absolute atomic E-state index is 12.8. The van der Waals surface area contributed by atoms with Crippen LogP contribution in [0.5, 0.6) is 0 Å². The van der Waals surface area contributed by atoms with Gasteiger partial charge >= 0.3 is 0 Å². The lowest BCUT2D eigenvalue weighted by atomic mass is 10.0. The maximum Gasteiger partial charge on any atom is 0.255 e. The summed E-state index contributed by atoms with van der Waals surface area (Å²) in [6, 6.07) is 4.14. The van der Waals surface area contributed by atoms with Crippen LogP contribution in [0.4, 0.5) is 5.82 Å². The summed E-state index contributed by atoms with van der Waals surface area (Å²) >= 11 is 0. The zero-order valence-corrected chi connectivity index (χ0v) is 14.3. The highest BCUT2D eigenvalue weighted by Gasteiger charge is 2.25. The third-order valence-corrected chi connectivity index (χ3v) is 4.96. The molecule has 0 spiro atoms. The molecule has 0 aliphatic carbocycles. The molecule has 2 fully saturated rings. The van der Waals surface area contributed by atoms with Crippen molar-refractivity contribution in [2.45, 2.75) is 18.9 Å². The van der Waals surface area contributed by atoms with E-state index in [-0.39, 0.29) is 5.91 Å². The van der Waals surface area contributed by atoms with Crippen LogP contribution in [0.3, 0.4) is 0 Å². The van der Waals surface area contributed by atoms with Crippen molar-refractivity contribution in [2.75, 3.05) is 44.3 Å². The highest BCUT2D eigenvalue weighted by Crippen LogP contribution is 2.23. The summed E-state index contributed by atoms with van der Waals surface area (Å²) in [4.78, 5) is 25.6. The van der Waals surface area contributed by atoms with E-state index in [1.54, 1.807) is 12.4 Å². The van der Waals surface area contributed by atoms with Crippen LogP contribution in [-0.2, 0) is 4.74 Å². The molecule has 1 atom stereocenters. The molecule has 2 aromatic rings. The molecule has 0 unspecified atom stereocenters. The van der Waals surface area contributed by atoms with Crippen LogP contribution in [0.25, 0.3) is 0 Å². The Labute approximate surface area is 147 Å². The highest BCUT2D eigenvalue weighted by molar-refractivity contribution is 5.94. The van der Waals surface area contributed by atoms with Gasteiger partial charge < -0.3 is 19.1 Å². The minimum atomic E-state index is 0.0610. The normalized spacial score (nSPS) is 21.4. The first-order valence-corrected chi connectivity index (χ1v) is 8.87. The van der Waals surface area contributed by atoms with Crippen LogP contribution in [0.2, 0.25) is 0 Å². The lowest BCUT2D eigenvalue weighted by molar-refractivity contribution is 0.0679. The first-order valence-electron chi connectivity index (χ1n) is 8.87. The molecule has 0 saturated carbocycles. The lowest BCUT2D eigenvalue weighted by Crippen LogP contribution is -2.40. The Morgan fingerprint density at radius 1 is 1.20 bits per heavy atom. The van der Waals surface area contributed by atoms with Gasteiger partial charge in [0.05, 0.1) is 31.1 Å². The van der Waals surface area contributed by atoms with Crippen molar-refractivity contribution >= 4 is 11.7 Å². The van der Waals surface area contributed by atoms with Gasteiger partial charge in [-0.3, -0.25) is 4.79 Å². The van der Waals surface area contributed by atoms with Gasteiger partial charge in [-0.25, -0.2) is 9.97 Å². The summed E-state index contributed by atoms with van der Waals surface area (Å²) in [7, 11) is 0. The summed E-state index contributed by atoms with van der Waals surface area (Å²) in [5, 5.41) is 0. The van der Waals surface area contributed by atoms with Crippen LogP contribution >= 0.6 is 0 Å². The van der Waals surface area contributed by atoms with E-state index >= 15 is 0 Å². The summed E-state index contributed by atoms with van der Waals surface area (Å²) in [5.41, 5.74) is 0.656. The lowest BCUT2D eigenvalue weighted by Gasteiger charge is -2.33. The number of aromatic nitrogens is 3. The molecule has 0 aromatic carbocycles. The van der Waals surface area contributed by atoms with E-state index in [1.165, 1.54) is 0 Å². The number of carbonyl (C=O) groups excluding carboxylic acids is 1. The maximum atomic E-state index is 12.8. The minimum absolute atomic E-state index is 0.0610. The number of carbonyl (C=O) groups is 1. The van der Waals surface area contributed by atoms with Gasteiger partial charge in [0.15, 0.2) is 0 Å². The smallest absolute Gasteiger partial charge is 0.255 e. The predicted octanol–water partition coefficient (Wildman–Crippen LogP) is 1.59. The summed E-state index contributed by atoms with van der Waals surface area (Å²) < 4.78 is 7.46. The molecular formula is C18H23N5O2. The largest absolute Gasteiger partial charge is 0.378 e. The number of imidazole rings is 1. The van der Waals surface area contributed by atoms with Crippen molar-refractivity contribution in [3.05, 3.63) is 42.6 Å². The fraction of sp³-hybridized carbons (Fsp3) is 0.500. The predicted molar refractivity (Wildman–Crippen MR) is 93.7 cm³/mol. The summed E-state index contributed by atoms with van der Waals surface area (Å²) in [6.07, 6.45) is 9.37. The Kier molecular flexibility index (Phi) is 4.65. The van der Waals surface area contributed by atoms with Gasteiger partial charge in [0.1, 0.15) is 5.82 Å². The van der Waals surface area contributed by atoms with Crippen molar-refractivity contribution in [3.8, 4) is 0 Å². The van der Waals surface area contributed by atoms with E-state index in [9.17, 15) is 4.79 Å². The molecule has 4 heterocycles. The molecule has 1 amide bonds. The number of likely N-dealkylation sites (tertiary alicyclic amines) is 1. The van der Waals surface area contributed by atoms with Gasteiger partial charge in [-0.1, -0.05) is 0 Å². The molecule has 2 aliphatic rings. The number of ether oxygens (including phenoxy) is 1. The number of nitrogens with zero attached hydrogens (tertiary/aromatic N) is 5. The number of morpholine rings is 1. The number of piperidine rings is 1. The molecule has 132 valence electrons. The first kappa shape index (κ1) is 16.1. The Morgan fingerprint density at radius 2 is 2.08 bits per heavy atom. The molecule has 25 heavy (non-hydrogen) atoms. The quantitative estimate of drug-likeness (QED) is 0.848. The second kappa shape index (κ2) is 7.23. The van der Waals surface area contributed by atoms with Crippen LogP contribution in [-0.4, -0.2) is 64.7 Å². The van der Waals surface area contributed by atoms with Crippen LogP contribution < -0.4 is 4.90 Å². The molecule has 7 heteroatoms. The van der Waals surface area contributed by atoms with Gasteiger partial charge in [-0.2, -0.15) is 0 Å². The molecule has 0 N–H and O–H groups in total. The molecule has 7 nitrogen and oxygen atoms in total. The number of pyridine rings is 1. The summed E-state index contributed by atoms with van der Waals surface area (Å²) in [5.74, 6) is 0.973. The number of rotatable bonds is 3. The Hall–Kier alpha value is -2.41. The minimum Gasteiger partial charge on any atom is -0.378 e. The fourth-order valence-electron chi connectivity index (χ4n) is 3.54. The average Bonchev–Trinajstić information content (AvgIpc) is 3.23. The van der Waals surface area contributed by atoms with Crippen molar-refractivity contribution in [3.63, 3.8) is 0 Å². The zero-order chi connectivity index (χ0) is 17.1. The highest BCUT2D eigenvalue weighted by atomic mass is 16.5. The van der Waals surface area contributed by atoms with Gasteiger partial charge in [0.25, 0.3) is 5.91 Å². The van der Waals surface area contributed by atoms with E-state index in [2.05, 4.69) is 19.4 Å². The Balaban J connectivity index is 1.43. The number of amides is 1. The fourth-order valence-corrected chi connectivity index (χ4v) is 3.54. The van der Waals surface area contributed by atoms with Crippen molar-refractivity contribution < 1.29 is 9.53 Å². The molecule has 0 radical (unpaired) electrons. The third kappa shape index (κ3) is 3.51. The first-order chi connectivity index (χ1) is 12.3. The standard InChI is InChI=1S/C18H23N5O2/c24-18(22-6-1-2-16(13-22)23-7-5-19-14-23)15-3-4-17(20-12-15)21-8-10-25-11-9-21/h3-5,7,12,14,16H,1-2,6,8-11,13H2/t16-/m0/s1. The van der Waals surface area contributed by atoms with E-state index in [4.69, 9.17) is 4.74 Å². The molecule has 2 aromatic heterocycles. The molecule has 0 bridgehead atoms. The number of hydrogen-bond acceptors (Lipinski definition) is 5. The van der Waals surface area contributed by atoms with Gasteiger partial charge in [0.2, 0.25) is 0 Å². The zero-order valence-electron chi connectivity index (χ0n) is 14.3. The molecule has 2 aliphatic heterocycles. The van der Waals surface area contributed by atoms with E-state index in [0.29, 0.717) is 11.6 Å². The van der Waals surface area contributed by atoms with Gasteiger partial charge in [-0.15, -0.1) is 0 Å². The Bertz CT molecular complexity index is 695. The third-order valence-electron chi connectivity index (χ3n) is 4.96. The Morgan fingerprint density at radius 3 is 2.80 bits per heavy atom. The average molecular weight is 341 g/mol. The summed E-state index contributed by atoms with van der Waals surface area (Å²) in [6.45, 7) is 4.67. The van der Waals surface area contributed by atoms with Crippen molar-refractivity contribution in [1.82, 2.24) is 19.4 Å². The van der Waals surface area contributed by atoms with Gasteiger partial charge in [-0.05, 0) is 25.0 Å².